The Morgan fingerprint density at radius 1 is 1.38 bits per heavy atom. The van der Waals surface area contributed by atoms with Gasteiger partial charge < -0.3 is 19.7 Å². The van der Waals surface area contributed by atoms with Gasteiger partial charge in [-0.1, -0.05) is 13.3 Å². The molecule has 2 N–H and O–H groups in total. The van der Waals surface area contributed by atoms with E-state index in [1.807, 2.05) is 4.90 Å². The third-order valence-corrected chi connectivity index (χ3v) is 4.00. The van der Waals surface area contributed by atoms with E-state index in [4.69, 9.17) is 9.52 Å². The van der Waals surface area contributed by atoms with Gasteiger partial charge in [0.25, 0.3) is 0 Å². The average Bonchev–Trinajstić information content (AvgIpc) is 2.82. The van der Waals surface area contributed by atoms with E-state index in [1.54, 1.807) is 6.07 Å². The topological polar surface area (TPSA) is 82.8 Å². The summed E-state index contributed by atoms with van der Waals surface area (Å²) in [4.78, 5) is 24.7. The lowest BCUT2D eigenvalue weighted by Crippen LogP contribution is -2.40. The normalized spacial score (nSPS) is 19.1. The fourth-order valence-electron chi connectivity index (χ4n) is 2.64. The van der Waals surface area contributed by atoms with Crippen molar-refractivity contribution < 1.29 is 19.1 Å². The highest BCUT2D eigenvalue weighted by molar-refractivity contribution is 5.84. The number of rotatable bonds is 4. The minimum atomic E-state index is -1.11. The quantitative estimate of drug-likeness (QED) is 0.894. The van der Waals surface area contributed by atoms with Crippen LogP contribution in [0.5, 0.6) is 0 Å². The summed E-state index contributed by atoms with van der Waals surface area (Å²) in [6.07, 6.45) is 4.43. The first-order valence-electron chi connectivity index (χ1n) is 7.45. The van der Waals surface area contributed by atoms with Crippen molar-refractivity contribution in [1.82, 2.24) is 10.2 Å². The van der Waals surface area contributed by atoms with Crippen molar-refractivity contribution in [1.29, 1.82) is 0 Å². The predicted octanol–water partition coefficient (Wildman–Crippen LogP) is 2.70. The van der Waals surface area contributed by atoms with Crippen LogP contribution in [0.3, 0.4) is 0 Å². The van der Waals surface area contributed by atoms with Crippen molar-refractivity contribution in [3.8, 4) is 0 Å². The second-order valence-electron chi connectivity index (χ2n) is 5.42. The van der Waals surface area contributed by atoms with Crippen molar-refractivity contribution >= 4 is 12.0 Å². The highest BCUT2D eigenvalue weighted by Gasteiger charge is 2.19. The molecule has 2 amide bonds. The molecule has 1 aromatic rings. The molecule has 2 rings (SSSR count). The molecule has 6 nitrogen and oxygen atoms in total. The van der Waals surface area contributed by atoms with Gasteiger partial charge >= 0.3 is 12.0 Å². The molecule has 1 atom stereocenters. The summed E-state index contributed by atoms with van der Waals surface area (Å²) in [5.41, 5.74) is 0. The molecule has 0 saturated carbocycles. The second kappa shape index (κ2) is 7.15. The van der Waals surface area contributed by atoms with Crippen LogP contribution in [0.1, 0.15) is 48.9 Å². The minimum absolute atomic E-state index is 0.111. The van der Waals surface area contributed by atoms with E-state index in [1.165, 1.54) is 18.9 Å². The number of hydrogen-bond donors (Lipinski definition) is 2. The third kappa shape index (κ3) is 4.24. The average molecular weight is 294 g/mol. The van der Waals surface area contributed by atoms with Crippen LogP contribution >= 0.6 is 0 Å². The van der Waals surface area contributed by atoms with Gasteiger partial charge in [0.05, 0.1) is 6.54 Å². The van der Waals surface area contributed by atoms with Gasteiger partial charge in [0.1, 0.15) is 5.76 Å². The van der Waals surface area contributed by atoms with Crippen LogP contribution in [-0.4, -0.2) is 35.1 Å². The summed E-state index contributed by atoms with van der Waals surface area (Å²) in [6.45, 7) is 3.96. The third-order valence-electron chi connectivity index (χ3n) is 4.00. The van der Waals surface area contributed by atoms with Crippen LogP contribution in [0.25, 0.3) is 0 Å². The Balaban J connectivity index is 1.82. The molecule has 1 aliphatic rings. The highest BCUT2D eigenvalue weighted by atomic mass is 16.4. The maximum absolute atomic E-state index is 12.1. The van der Waals surface area contributed by atoms with Gasteiger partial charge in [-0.05, 0) is 37.3 Å². The second-order valence-corrected chi connectivity index (χ2v) is 5.42. The molecule has 2 heterocycles. The van der Waals surface area contributed by atoms with Crippen molar-refractivity contribution in [3.63, 3.8) is 0 Å². The number of hydrogen-bond acceptors (Lipinski definition) is 3. The van der Waals surface area contributed by atoms with Crippen LogP contribution < -0.4 is 5.32 Å². The Morgan fingerprint density at radius 2 is 2.19 bits per heavy atom. The predicted molar refractivity (Wildman–Crippen MR) is 77.1 cm³/mol. The number of carboxylic acids is 1. The standard InChI is InChI=1S/C15H22N2O4/c1-2-11-4-3-8-17(9-7-11)15(20)16-10-12-5-6-13(21-12)14(18)19/h5-6,11H,2-4,7-10H2,1H3,(H,16,20)(H,18,19). The lowest BCUT2D eigenvalue weighted by molar-refractivity contribution is 0.0660. The van der Waals surface area contributed by atoms with Crippen LogP contribution in [0.15, 0.2) is 16.5 Å². The first-order valence-corrected chi connectivity index (χ1v) is 7.45. The van der Waals surface area contributed by atoms with E-state index < -0.39 is 5.97 Å². The van der Waals surface area contributed by atoms with Crippen LogP contribution in [0, 0.1) is 5.92 Å². The summed E-state index contributed by atoms with van der Waals surface area (Å²) >= 11 is 0. The van der Waals surface area contributed by atoms with E-state index in [0.29, 0.717) is 11.7 Å². The van der Waals surface area contributed by atoms with Crippen molar-refractivity contribution in [2.24, 2.45) is 5.92 Å². The van der Waals surface area contributed by atoms with E-state index in [0.717, 1.165) is 25.9 Å². The Bertz CT molecular complexity index is 498. The largest absolute Gasteiger partial charge is 0.475 e. The number of urea groups is 1. The Labute approximate surface area is 124 Å². The molecule has 1 aliphatic heterocycles. The number of aromatic carboxylic acids is 1. The van der Waals surface area contributed by atoms with Gasteiger partial charge in [-0.25, -0.2) is 9.59 Å². The molecule has 1 unspecified atom stereocenters. The van der Waals surface area contributed by atoms with Gasteiger partial charge in [-0.2, -0.15) is 0 Å². The zero-order valence-corrected chi connectivity index (χ0v) is 12.3. The van der Waals surface area contributed by atoms with Crippen molar-refractivity contribution in [2.45, 2.75) is 39.2 Å². The number of nitrogens with one attached hydrogen (secondary N) is 1. The maximum atomic E-state index is 12.1. The van der Waals surface area contributed by atoms with E-state index in [-0.39, 0.29) is 18.3 Å². The number of amides is 2. The lowest BCUT2D eigenvalue weighted by atomic mass is 9.98. The maximum Gasteiger partial charge on any atom is 0.371 e. The Hall–Kier alpha value is -1.98. The number of likely N-dealkylation sites (tertiary alicyclic amines) is 1. The fraction of sp³-hybridized carbons (Fsp3) is 0.600. The van der Waals surface area contributed by atoms with Gasteiger partial charge in [0.2, 0.25) is 5.76 Å². The molecular formula is C15H22N2O4. The number of carboxylic acid groups (broad SMARTS) is 1. The lowest BCUT2D eigenvalue weighted by Gasteiger charge is -2.20. The number of carbonyl (C=O) groups is 2. The first-order chi connectivity index (χ1) is 10.1. The fourth-order valence-corrected chi connectivity index (χ4v) is 2.64. The number of carbonyl (C=O) groups excluding carboxylic acids is 1. The highest BCUT2D eigenvalue weighted by Crippen LogP contribution is 2.20. The summed E-state index contributed by atoms with van der Waals surface area (Å²) in [6, 6.07) is 2.85. The Kier molecular flexibility index (Phi) is 5.25. The molecule has 0 spiro atoms. The first kappa shape index (κ1) is 15.4. The van der Waals surface area contributed by atoms with Crippen LogP contribution in [0.2, 0.25) is 0 Å². The molecule has 1 aromatic heterocycles. The summed E-state index contributed by atoms with van der Waals surface area (Å²) < 4.78 is 5.11. The molecule has 6 heteroatoms. The molecule has 116 valence electrons. The van der Waals surface area contributed by atoms with Gasteiger partial charge in [0, 0.05) is 13.1 Å². The summed E-state index contributed by atoms with van der Waals surface area (Å²) in [5.74, 6) is -0.0569. The SMILES string of the molecule is CCC1CCCN(C(=O)NCc2ccc(C(=O)O)o2)CC1. The molecule has 0 bridgehead atoms. The zero-order chi connectivity index (χ0) is 15.2. The van der Waals surface area contributed by atoms with Gasteiger partial charge in [-0.15, -0.1) is 0 Å². The minimum Gasteiger partial charge on any atom is -0.475 e. The van der Waals surface area contributed by atoms with E-state index in [2.05, 4.69) is 12.2 Å². The van der Waals surface area contributed by atoms with Crippen molar-refractivity contribution in [2.75, 3.05) is 13.1 Å². The molecule has 0 aromatic carbocycles. The molecule has 1 saturated heterocycles. The van der Waals surface area contributed by atoms with E-state index >= 15 is 0 Å². The van der Waals surface area contributed by atoms with Gasteiger partial charge in [-0.3, -0.25) is 0 Å². The number of nitrogens with zero attached hydrogens (tertiary/aromatic N) is 1. The molecule has 0 radical (unpaired) electrons. The zero-order valence-electron chi connectivity index (χ0n) is 12.3. The summed E-state index contributed by atoms with van der Waals surface area (Å²) in [5, 5.41) is 11.6. The molecule has 1 fully saturated rings. The van der Waals surface area contributed by atoms with E-state index in [9.17, 15) is 9.59 Å². The smallest absolute Gasteiger partial charge is 0.371 e. The summed E-state index contributed by atoms with van der Waals surface area (Å²) in [7, 11) is 0. The Morgan fingerprint density at radius 3 is 2.86 bits per heavy atom. The van der Waals surface area contributed by atoms with Crippen LogP contribution in [0.4, 0.5) is 4.79 Å². The molecular weight excluding hydrogens is 272 g/mol. The van der Waals surface area contributed by atoms with Crippen molar-refractivity contribution in [3.05, 3.63) is 23.7 Å². The molecule has 0 aliphatic carbocycles. The monoisotopic (exact) mass is 294 g/mol. The van der Waals surface area contributed by atoms with Gasteiger partial charge in [0.15, 0.2) is 0 Å². The molecule has 21 heavy (non-hydrogen) atoms. The number of furan rings is 1. The van der Waals surface area contributed by atoms with Crippen LogP contribution in [-0.2, 0) is 6.54 Å².